The minimum atomic E-state index is -0.328. The quantitative estimate of drug-likeness (QED) is 0.653. The van der Waals surface area contributed by atoms with Crippen molar-refractivity contribution in [3.8, 4) is 0 Å². The van der Waals surface area contributed by atoms with Gasteiger partial charge in [-0.25, -0.2) is 0 Å². The fraction of sp³-hybridized carbons (Fsp3) is 0.385. The predicted octanol–water partition coefficient (Wildman–Crippen LogP) is 0.280. The first-order valence-electron chi connectivity index (χ1n) is 6.01. The average Bonchev–Trinajstić information content (AvgIpc) is 2.42. The molecule has 0 aromatic heterocycles. The van der Waals surface area contributed by atoms with Crippen LogP contribution in [0.25, 0.3) is 0 Å². The molecule has 0 bridgehead atoms. The van der Waals surface area contributed by atoms with Crippen molar-refractivity contribution < 1.29 is 9.59 Å². The predicted molar refractivity (Wildman–Crippen MR) is 68.3 cm³/mol. The number of carbonyl (C=O) groups is 2. The third-order valence-corrected chi connectivity index (χ3v) is 3.04. The molecule has 2 aliphatic rings. The highest BCUT2D eigenvalue weighted by Gasteiger charge is 2.31. The van der Waals surface area contributed by atoms with Crippen molar-refractivity contribution in [1.29, 1.82) is 0 Å². The molecule has 18 heavy (non-hydrogen) atoms. The van der Waals surface area contributed by atoms with Gasteiger partial charge >= 0.3 is 0 Å². The number of amides is 2. The average molecular weight is 247 g/mol. The topological polar surface area (TPSA) is 61.4 Å². The van der Waals surface area contributed by atoms with Gasteiger partial charge in [-0.3, -0.25) is 20.2 Å². The van der Waals surface area contributed by atoms with E-state index in [4.69, 9.17) is 0 Å². The molecule has 2 aliphatic heterocycles. The van der Waals surface area contributed by atoms with E-state index in [-0.39, 0.29) is 17.9 Å². The van der Waals surface area contributed by atoms with Gasteiger partial charge in [0.2, 0.25) is 11.8 Å². The van der Waals surface area contributed by atoms with Gasteiger partial charge in [-0.1, -0.05) is 24.8 Å². The SMILES string of the molecule is C=C1/C=C\C=C/CNCN1C1CCC(=O)NC1=O. The Kier molecular flexibility index (Phi) is 3.94. The summed E-state index contributed by atoms with van der Waals surface area (Å²) in [7, 11) is 0. The van der Waals surface area contributed by atoms with Gasteiger partial charge in [-0.15, -0.1) is 0 Å². The second-order valence-corrected chi connectivity index (χ2v) is 4.33. The van der Waals surface area contributed by atoms with Gasteiger partial charge in [-0.05, 0) is 12.5 Å². The Morgan fingerprint density at radius 2 is 2.17 bits per heavy atom. The van der Waals surface area contributed by atoms with Crippen molar-refractivity contribution >= 4 is 11.8 Å². The van der Waals surface area contributed by atoms with Crippen LogP contribution in [0.15, 0.2) is 36.6 Å². The minimum absolute atomic E-state index is 0.198. The van der Waals surface area contributed by atoms with Crippen LogP contribution in [0.4, 0.5) is 0 Å². The van der Waals surface area contributed by atoms with Gasteiger partial charge in [0, 0.05) is 18.7 Å². The summed E-state index contributed by atoms with van der Waals surface area (Å²) in [6.07, 6.45) is 8.61. The van der Waals surface area contributed by atoms with E-state index in [1.54, 1.807) is 0 Å². The number of allylic oxidation sites excluding steroid dienone is 3. The van der Waals surface area contributed by atoms with Crippen LogP contribution in [0.2, 0.25) is 0 Å². The number of piperidine rings is 1. The fourth-order valence-corrected chi connectivity index (χ4v) is 2.07. The molecule has 2 amide bonds. The lowest BCUT2D eigenvalue weighted by molar-refractivity contribution is -0.137. The number of hydrogen-bond donors (Lipinski definition) is 2. The van der Waals surface area contributed by atoms with Crippen LogP contribution < -0.4 is 10.6 Å². The van der Waals surface area contributed by atoms with Crippen LogP contribution in [0.3, 0.4) is 0 Å². The van der Waals surface area contributed by atoms with Crippen molar-refractivity contribution in [2.75, 3.05) is 13.2 Å². The van der Waals surface area contributed by atoms with E-state index in [9.17, 15) is 9.59 Å². The standard InChI is InChI=1S/C13H17N3O2/c1-10-5-3-2-4-8-14-9-16(10)11-6-7-12(17)15-13(11)18/h2-5,11,14H,1,6-9H2,(H,15,17,18)/b4-2-,5-3-. The largest absolute Gasteiger partial charge is 0.347 e. The van der Waals surface area contributed by atoms with E-state index in [0.29, 0.717) is 19.5 Å². The Morgan fingerprint density at radius 1 is 1.33 bits per heavy atom. The van der Waals surface area contributed by atoms with Gasteiger partial charge in [-0.2, -0.15) is 0 Å². The lowest BCUT2D eigenvalue weighted by Crippen LogP contribution is -2.53. The maximum Gasteiger partial charge on any atom is 0.249 e. The summed E-state index contributed by atoms with van der Waals surface area (Å²) in [5.74, 6) is -0.439. The van der Waals surface area contributed by atoms with Crippen molar-refractivity contribution in [3.05, 3.63) is 36.6 Å². The summed E-state index contributed by atoms with van der Waals surface area (Å²) in [5.41, 5.74) is 0.767. The van der Waals surface area contributed by atoms with Gasteiger partial charge < -0.3 is 4.90 Å². The van der Waals surface area contributed by atoms with Crippen LogP contribution in [0, 0.1) is 0 Å². The lowest BCUT2D eigenvalue weighted by Gasteiger charge is -2.34. The highest BCUT2D eigenvalue weighted by molar-refractivity contribution is 6.00. The van der Waals surface area contributed by atoms with E-state index in [0.717, 1.165) is 12.2 Å². The van der Waals surface area contributed by atoms with Crippen molar-refractivity contribution in [1.82, 2.24) is 15.5 Å². The zero-order chi connectivity index (χ0) is 13.0. The molecule has 0 aliphatic carbocycles. The smallest absolute Gasteiger partial charge is 0.249 e. The van der Waals surface area contributed by atoms with Gasteiger partial charge in [0.1, 0.15) is 6.04 Å². The Hall–Kier alpha value is -1.88. The maximum absolute atomic E-state index is 11.9. The van der Waals surface area contributed by atoms with Gasteiger partial charge in [0.05, 0.1) is 6.67 Å². The summed E-state index contributed by atoms with van der Waals surface area (Å²) in [6.45, 7) is 5.25. The van der Waals surface area contributed by atoms with E-state index in [1.165, 1.54) is 0 Å². The molecule has 5 nitrogen and oxygen atoms in total. The zero-order valence-corrected chi connectivity index (χ0v) is 10.2. The van der Waals surface area contributed by atoms with Crippen molar-refractivity contribution in [2.24, 2.45) is 0 Å². The third-order valence-electron chi connectivity index (χ3n) is 3.04. The van der Waals surface area contributed by atoms with E-state index < -0.39 is 0 Å². The molecule has 0 saturated carbocycles. The van der Waals surface area contributed by atoms with Gasteiger partial charge in [0.25, 0.3) is 0 Å². The molecule has 0 radical (unpaired) electrons. The summed E-state index contributed by atoms with van der Waals surface area (Å²) < 4.78 is 0. The first kappa shape index (κ1) is 12.6. The summed E-state index contributed by atoms with van der Waals surface area (Å²) in [5, 5.41) is 5.58. The molecule has 96 valence electrons. The second kappa shape index (κ2) is 5.64. The van der Waals surface area contributed by atoms with Crippen LogP contribution in [0.1, 0.15) is 12.8 Å². The molecule has 0 aromatic carbocycles. The number of rotatable bonds is 1. The molecule has 0 spiro atoms. The number of carbonyl (C=O) groups excluding carboxylic acids is 2. The normalized spacial score (nSPS) is 29.0. The summed E-state index contributed by atoms with van der Waals surface area (Å²) in [4.78, 5) is 24.9. The number of nitrogens with one attached hydrogen (secondary N) is 2. The molecular formula is C13H17N3O2. The minimum Gasteiger partial charge on any atom is -0.347 e. The fourth-order valence-electron chi connectivity index (χ4n) is 2.07. The molecule has 1 unspecified atom stereocenters. The van der Waals surface area contributed by atoms with E-state index >= 15 is 0 Å². The number of imide groups is 1. The van der Waals surface area contributed by atoms with Crippen LogP contribution >= 0.6 is 0 Å². The number of hydrogen-bond acceptors (Lipinski definition) is 4. The maximum atomic E-state index is 11.9. The molecular weight excluding hydrogens is 230 g/mol. The van der Waals surface area contributed by atoms with Crippen LogP contribution in [-0.4, -0.2) is 36.0 Å². The Bertz CT molecular complexity index is 426. The molecule has 1 fully saturated rings. The first-order valence-corrected chi connectivity index (χ1v) is 6.01. The van der Waals surface area contributed by atoms with Crippen molar-refractivity contribution in [2.45, 2.75) is 18.9 Å². The Morgan fingerprint density at radius 3 is 2.94 bits per heavy atom. The molecule has 2 N–H and O–H groups in total. The molecule has 5 heteroatoms. The zero-order valence-electron chi connectivity index (χ0n) is 10.2. The summed E-state index contributed by atoms with van der Waals surface area (Å²) in [6, 6.07) is -0.328. The first-order chi connectivity index (χ1) is 8.68. The Balaban J connectivity index is 2.12. The van der Waals surface area contributed by atoms with Gasteiger partial charge in [0.15, 0.2) is 0 Å². The highest BCUT2D eigenvalue weighted by Crippen LogP contribution is 2.17. The molecule has 1 atom stereocenters. The van der Waals surface area contributed by atoms with Crippen LogP contribution in [-0.2, 0) is 9.59 Å². The molecule has 2 rings (SSSR count). The highest BCUT2D eigenvalue weighted by atomic mass is 16.2. The van der Waals surface area contributed by atoms with Crippen LogP contribution in [0.5, 0.6) is 0 Å². The molecule has 0 aromatic rings. The lowest BCUT2D eigenvalue weighted by atomic mass is 10.0. The Labute approximate surface area is 106 Å². The third kappa shape index (κ3) is 2.87. The summed E-state index contributed by atoms with van der Waals surface area (Å²) >= 11 is 0. The molecule has 2 heterocycles. The monoisotopic (exact) mass is 247 g/mol. The molecule has 1 saturated heterocycles. The number of nitrogens with zero attached hydrogens (tertiary/aromatic N) is 1. The second-order valence-electron chi connectivity index (χ2n) is 4.33. The van der Waals surface area contributed by atoms with Crippen molar-refractivity contribution in [3.63, 3.8) is 0 Å². The van der Waals surface area contributed by atoms with E-state index in [1.807, 2.05) is 29.2 Å². The van der Waals surface area contributed by atoms with E-state index in [2.05, 4.69) is 17.2 Å².